The standard InChI is InChI=1S/C19H25N3OS/c1-15-9-11-22(12-10-15)17(18-8-5-13-24-18)14-20-19(23)21-16-6-3-2-4-7-16/h2-8,13,15,17H,9-12,14H2,1H3,(H2,20,21,23). The van der Waals surface area contributed by atoms with Crippen molar-refractivity contribution in [3.63, 3.8) is 0 Å². The zero-order valence-electron chi connectivity index (χ0n) is 14.1. The van der Waals surface area contributed by atoms with Gasteiger partial charge in [0.05, 0.1) is 6.04 Å². The lowest BCUT2D eigenvalue weighted by molar-refractivity contribution is 0.138. The third-order valence-electron chi connectivity index (χ3n) is 4.62. The predicted octanol–water partition coefficient (Wildman–Crippen LogP) is 4.34. The summed E-state index contributed by atoms with van der Waals surface area (Å²) in [6.45, 7) is 5.16. The normalized spacial score (nSPS) is 17.4. The van der Waals surface area contributed by atoms with Gasteiger partial charge in [-0.2, -0.15) is 0 Å². The van der Waals surface area contributed by atoms with Gasteiger partial charge in [-0.3, -0.25) is 4.90 Å². The van der Waals surface area contributed by atoms with E-state index in [9.17, 15) is 4.79 Å². The van der Waals surface area contributed by atoms with Crippen LogP contribution in [0.2, 0.25) is 0 Å². The second kappa shape index (κ2) is 8.31. The molecule has 24 heavy (non-hydrogen) atoms. The number of thiophene rings is 1. The number of carbonyl (C=O) groups is 1. The van der Waals surface area contributed by atoms with E-state index >= 15 is 0 Å². The molecule has 1 aliphatic rings. The molecule has 2 N–H and O–H groups in total. The number of hydrogen-bond donors (Lipinski definition) is 2. The van der Waals surface area contributed by atoms with Crippen molar-refractivity contribution >= 4 is 23.1 Å². The van der Waals surface area contributed by atoms with Gasteiger partial charge in [0.2, 0.25) is 0 Å². The molecular weight excluding hydrogens is 318 g/mol. The summed E-state index contributed by atoms with van der Waals surface area (Å²) in [7, 11) is 0. The number of para-hydroxylation sites is 1. The average molecular weight is 343 g/mol. The van der Waals surface area contributed by atoms with Gasteiger partial charge in [0.25, 0.3) is 0 Å². The summed E-state index contributed by atoms with van der Waals surface area (Å²) in [5.74, 6) is 0.805. The first-order valence-electron chi connectivity index (χ1n) is 8.59. The molecule has 1 aromatic carbocycles. The maximum absolute atomic E-state index is 12.2. The zero-order chi connectivity index (χ0) is 16.8. The number of amides is 2. The van der Waals surface area contributed by atoms with E-state index in [0.29, 0.717) is 6.54 Å². The second-order valence-corrected chi connectivity index (χ2v) is 7.43. The molecule has 1 aromatic heterocycles. The third-order valence-corrected chi connectivity index (χ3v) is 5.59. The quantitative estimate of drug-likeness (QED) is 0.848. The summed E-state index contributed by atoms with van der Waals surface area (Å²) in [4.78, 5) is 16.0. The molecule has 2 aromatic rings. The molecule has 3 rings (SSSR count). The molecule has 2 amide bonds. The molecule has 2 heterocycles. The molecule has 4 nitrogen and oxygen atoms in total. The average Bonchev–Trinajstić information content (AvgIpc) is 3.12. The van der Waals surface area contributed by atoms with Crippen LogP contribution in [-0.2, 0) is 0 Å². The first-order chi connectivity index (χ1) is 11.7. The summed E-state index contributed by atoms with van der Waals surface area (Å²) in [5, 5.41) is 8.04. The molecular formula is C19H25N3OS. The highest BCUT2D eigenvalue weighted by Crippen LogP contribution is 2.29. The van der Waals surface area contributed by atoms with Crippen molar-refractivity contribution in [3.05, 3.63) is 52.7 Å². The van der Waals surface area contributed by atoms with E-state index in [1.165, 1.54) is 17.7 Å². The van der Waals surface area contributed by atoms with Crippen LogP contribution in [0, 0.1) is 5.92 Å². The van der Waals surface area contributed by atoms with Crippen LogP contribution in [-0.4, -0.2) is 30.6 Å². The Morgan fingerprint density at radius 2 is 1.96 bits per heavy atom. The molecule has 0 aliphatic carbocycles. The van der Waals surface area contributed by atoms with Gasteiger partial charge in [0.1, 0.15) is 0 Å². The second-order valence-electron chi connectivity index (χ2n) is 6.45. The minimum atomic E-state index is -0.145. The molecule has 0 saturated carbocycles. The molecule has 128 valence electrons. The smallest absolute Gasteiger partial charge is 0.319 e. The largest absolute Gasteiger partial charge is 0.336 e. The number of nitrogens with zero attached hydrogens (tertiary/aromatic N) is 1. The zero-order valence-corrected chi connectivity index (χ0v) is 14.9. The van der Waals surface area contributed by atoms with Gasteiger partial charge >= 0.3 is 6.03 Å². The van der Waals surface area contributed by atoms with Crippen molar-refractivity contribution in [1.82, 2.24) is 10.2 Å². The van der Waals surface area contributed by atoms with E-state index in [1.807, 2.05) is 30.3 Å². The van der Waals surface area contributed by atoms with E-state index < -0.39 is 0 Å². The minimum absolute atomic E-state index is 0.145. The molecule has 1 fully saturated rings. The summed E-state index contributed by atoms with van der Waals surface area (Å²) >= 11 is 1.77. The van der Waals surface area contributed by atoms with Crippen LogP contribution in [0.15, 0.2) is 47.8 Å². The lowest BCUT2D eigenvalue weighted by Crippen LogP contribution is -2.42. The van der Waals surface area contributed by atoms with Crippen molar-refractivity contribution in [2.75, 3.05) is 25.0 Å². The maximum atomic E-state index is 12.2. The lowest BCUT2D eigenvalue weighted by atomic mass is 9.97. The van der Waals surface area contributed by atoms with Gasteiger partial charge < -0.3 is 10.6 Å². The van der Waals surface area contributed by atoms with Crippen LogP contribution in [0.5, 0.6) is 0 Å². The fourth-order valence-electron chi connectivity index (χ4n) is 3.12. The maximum Gasteiger partial charge on any atom is 0.319 e. The fraction of sp³-hybridized carbons (Fsp3) is 0.421. The molecule has 0 spiro atoms. The van der Waals surface area contributed by atoms with Crippen molar-refractivity contribution < 1.29 is 4.79 Å². The van der Waals surface area contributed by atoms with Crippen LogP contribution < -0.4 is 10.6 Å². The van der Waals surface area contributed by atoms with Crippen LogP contribution in [0.4, 0.5) is 10.5 Å². The Kier molecular flexibility index (Phi) is 5.88. The molecule has 1 aliphatic heterocycles. The van der Waals surface area contributed by atoms with Crippen molar-refractivity contribution in [2.45, 2.75) is 25.8 Å². The monoisotopic (exact) mass is 343 g/mol. The first kappa shape index (κ1) is 17.0. The minimum Gasteiger partial charge on any atom is -0.336 e. The van der Waals surface area contributed by atoms with E-state index in [4.69, 9.17) is 0 Å². The number of urea groups is 1. The number of rotatable bonds is 5. The highest BCUT2D eigenvalue weighted by Gasteiger charge is 2.25. The van der Waals surface area contributed by atoms with Gasteiger partial charge in [-0.25, -0.2) is 4.79 Å². The van der Waals surface area contributed by atoms with Crippen molar-refractivity contribution in [1.29, 1.82) is 0 Å². The topological polar surface area (TPSA) is 44.4 Å². The third kappa shape index (κ3) is 4.58. The summed E-state index contributed by atoms with van der Waals surface area (Å²) in [6, 6.07) is 13.9. The highest BCUT2D eigenvalue weighted by molar-refractivity contribution is 7.10. The summed E-state index contributed by atoms with van der Waals surface area (Å²) < 4.78 is 0. The Hall–Kier alpha value is -1.85. The number of carbonyl (C=O) groups excluding carboxylic acids is 1. The van der Waals surface area contributed by atoms with Crippen LogP contribution in [0.1, 0.15) is 30.7 Å². The molecule has 5 heteroatoms. The number of anilines is 1. The van der Waals surface area contributed by atoms with E-state index in [1.54, 1.807) is 11.3 Å². The first-order valence-corrected chi connectivity index (χ1v) is 9.47. The molecule has 1 saturated heterocycles. The number of nitrogens with one attached hydrogen (secondary N) is 2. The molecule has 0 radical (unpaired) electrons. The van der Waals surface area contributed by atoms with Gasteiger partial charge in [0, 0.05) is 17.1 Å². The van der Waals surface area contributed by atoms with Gasteiger partial charge in [-0.1, -0.05) is 31.2 Å². The Morgan fingerprint density at radius 3 is 2.62 bits per heavy atom. The van der Waals surface area contributed by atoms with Crippen molar-refractivity contribution in [2.24, 2.45) is 5.92 Å². The summed E-state index contributed by atoms with van der Waals surface area (Å²) in [5.41, 5.74) is 0.814. The Balaban J connectivity index is 1.59. The fourth-order valence-corrected chi connectivity index (χ4v) is 3.98. The van der Waals surface area contributed by atoms with E-state index in [0.717, 1.165) is 24.7 Å². The van der Waals surface area contributed by atoms with Gasteiger partial charge in [0.15, 0.2) is 0 Å². The van der Waals surface area contributed by atoms with Crippen LogP contribution in [0.3, 0.4) is 0 Å². The Labute approximate surface area is 147 Å². The summed E-state index contributed by atoms with van der Waals surface area (Å²) in [6.07, 6.45) is 2.47. The van der Waals surface area contributed by atoms with E-state index in [2.05, 4.69) is 40.0 Å². The van der Waals surface area contributed by atoms with Crippen LogP contribution >= 0.6 is 11.3 Å². The number of piperidine rings is 1. The Bertz CT molecular complexity index is 621. The molecule has 0 bridgehead atoms. The molecule has 1 unspecified atom stereocenters. The van der Waals surface area contributed by atoms with Crippen molar-refractivity contribution in [3.8, 4) is 0 Å². The highest BCUT2D eigenvalue weighted by atomic mass is 32.1. The van der Waals surface area contributed by atoms with Crippen LogP contribution in [0.25, 0.3) is 0 Å². The Morgan fingerprint density at radius 1 is 1.21 bits per heavy atom. The lowest BCUT2D eigenvalue weighted by Gasteiger charge is -2.36. The SMILES string of the molecule is CC1CCN(C(CNC(=O)Nc2ccccc2)c2cccs2)CC1. The van der Waals surface area contributed by atoms with Gasteiger partial charge in [-0.05, 0) is 55.4 Å². The number of hydrogen-bond acceptors (Lipinski definition) is 3. The number of benzene rings is 1. The molecule has 1 atom stereocenters. The number of likely N-dealkylation sites (tertiary alicyclic amines) is 1. The van der Waals surface area contributed by atoms with Gasteiger partial charge in [-0.15, -0.1) is 11.3 Å². The van der Waals surface area contributed by atoms with E-state index in [-0.39, 0.29) is 12.1 Å². The predicted molar refractivity (Wildman–Crippen MR) is 100 cm³/mol.